The maximum atomic E-state index is 13.4. The molecule has 0 bridgehead atoms. The molecule has 8 heteroatoms. The van der Waals surface area contributed by atoms with E-state index < -0.39 is 11.6 Å². The van der Waals surface area contributed by atoms with Gasteiger partial charge in [0.05, 0.1) is 16.9 Å². The van der Waals surface area contributed by atoms with Crippen molar-refractivity contribution in [2.75, 3.05) is 35.8 Å². The Kier molecular flexibility index (Phi) is 5.53. The van der Waals surface area contributed by atoms with Crippen molar-refractivity contribution in [3.63, 3.8) is 0 Å². The van der Waals surface area contributed by atoms with Crippen LogP contribution >= 0.6 is 11.9 Å². The van der Waals surface area contributed by atoms with Crippen LogP contribution in [0, 0.1) is 18.6 Å². The molecule has 3 aromatic rings. The third kappa shape index (κ3) is 4.42. The Bertz CT molecular complexity index is 1030. The van der Waals surface area contributed by atoms with Gasteiger partial charge in [0.1, 0.15) is 11.6 Å². The summed E-state index contributed by atoms with van der Waals surface area (Å²) < 4.78 is 30.0. The van der Waals surface area contributed by atoms with Gasteiger partial charge in [0.25, 0.3) is 0 Å². The highest BCUT2D eigenvalue weighted by atomic mass is 32.2. The van der Waals surface area contributed by atoms with Crippen molar-refractivity contribution in [1.29, 1.82) is 0 Å². The number of fused-ring (bicyclic) bond motifs is 1. The number of hydrogen-bond acceptors (Lipinski definition) is 5. The van der Waals surface area contributed by atoms with Crippen LogP contribution in [0.2, 0.25) is 0 Å². The molecule has 1 aromatic heterocycles. The Morgan fingerprint density at radius 1 is 1.03 bits per heavy atom. The van der Waals surface area contributed by atoms with Crippen LogP contribution in [-0.4, -0.2) is 41.3 Å². The maximum Gasteiger partial charge on any atom is 0.302 e. The molecule has 1 aliphatic rings. The van der Waals surface area contributed by atoms with E-state index in [0.717, 1.165) is 40.3 Å². The number of piperazine rings is 1. The zero-order chi connectivity index (χ0) is 20.4. The molecule has 1 aliphatic heterocycles. The molecule has 1 fully saturated rings. The Morgan fingerprint density at radius 3 is 2.45 bits per heavy atom. The number of amides is 1. The van der Waals surface area contributed by atoms with Gasteiger partial charge in [-0.15, -0.1) is 0 Å². The molecule has 0 aliphatic carbocycles. The Balaban J connectivity index is 1.35. The van der Waals surface area contributed by atoms with Crippen molar-refractivity contribution in [3.8, 4) is 0 Å². The minimum absolute atomic E-state index is 0.0948. The summed E-state index contributed by atoms with van der Waals surface area (Å²) in [5.41, 5.74) is 3.04. The van der Waals surface area contributed by atoms with Crippen LogP contribution in [0.5, 0.6) is 0 Å². The number of halogens is 2. The van der Waals surface area contributed by atoms with Crippen molar-refractivity contribution in [1.82, 2.24) is 9.88 Å². The lowest BCUT2D eigenvalue weighted by molar-refractivity contribution is 0.219. The van der Waals surface area contributed by atoms with Crippen molar-refractivity contribution in [3.05, 3.63) is 65.9 Å². The summed E-state index contributed by atoms with van der Waals surface area (Å²) >= 11 is 1.02. The van der Waals surface area contributed by atoms with Crippen LogP contribution in [0.1, 0.15) is 5.69 Å². The van der Waals surface area contributed by atoms with Crippen molar-refractivity contribution < 1.29 is 13.6 Å². The second-order valence-corrected chi connectivity index (χ2v) is 7.64. The van der Waals surface area contributed by atoms with E-state index in [1.165, 1.54) is 12.1 Å². The van der Waals surface area contributed by atoms with Crippen molar-refractivity contribution in [2.24, 2.45) is 0 Å². The first-order valence-corrected chi connectivity index (χ1v) is 10.1. The van der Waals surface area contributed by atoms with E-state index in [0.29, 0.717) is 31.9 Å². The number of aromatic nitrogens is 1. The van der Waals surface area contributed by atoms with Crippen LogP contribution < -0.4 is 9.62 Å². The van der Waals surface area contributed by atoms with Gasteiger partial charge in [0.2, 0.25) is 0 Å². The van der Waals surface area contributed by atoms with Crippen LogP contribution in [0.3, 0.4) is 0 Å². The third-order valence-electron chi connectivity index (χ3n) is 4.91. The summed E-state index contributed by atoms with van der Waals surface area (Å²) in [5.74, 6) is -1.20. The third-order valence-corrected chi connectivity index (χ3v) is 5.67. The lowest BCUT2D eigenvalue weighted by Gasteiger charge is -2.35. The highest BCUT2D eigenvalue weighted by molar-refractivity contribution is 8.14. The number of carbonyl (C=O) groups excluding carboxylic acids is 1. The largest absolute Gasteiger partial charge is 0.368 e. The summed E-state index contributed by atoms with van der Waals surface area (Å²) in [6.07, 6.45) is 0. The molecular weight excluding hydrogens is 394 g/mol. The normalized spacial score (nSPS) is 14.3. The fourth-order valence-corrected chi connectivity index (χ4v) is 4.06. The first kappa shape index (κ1) is 19.4. The standard InChI is InChI=1S/C21H20F2N4OS/c1-14-20(10-15-4-2-3-5-19(15)24-14)25-29-21(28)27-8-6-26(7-9-27)18-12-16(22)11-17(23)13-18/h2-5,10-13,25H,6-9H2,1H3. The number of hydrogen-bond donors (Lipinski definition) is 1. The van der Waals surface area contributed by atoms with E-state index in [2.05, 4.69) is 9.71 Å². The molecule has 0 saturated carbocycles. The zero-order valence-corrected chi connectivity index (χ0v) is 16.7. The fraction of sp³-hybridized carbons (Fsp3) is 0.238. The molecule has 0 radical (unpaired) electrons. The molecule has 0 unspecified atom stereocenters. The summed E-state index contributed by atoms with van der Waals surface area (Å²) in [6.45, 7) is 3.91. The molecule has 5 nitrogen and oxygen atoms in total. The minimum Gasteiger partial charge on any atom is -0.368 e. The smallest absolute Gasteiger partial charge is 0.302 e. The Morgan fingerprint density at radius 2 is 1.72 bits per heavy atom. The predicted octanol–water partition coefficient (Wildman–Crippen LogP) is 4.82. The molecule has 0 atom stereocenters. The maximum absolute atomic E-state index is 13.4. The molecule has 1 saturated heterocycles. The first-order chi connectivity index (χ1) is 14.0. The van der Waals surface area contributed by atoms with E-state index in [1.54, 1.807) is 4.90 Å². The quantitative estimate of drug-likeness (QED) is 0.623. The van der Waals surface area contributed by atoms with Crippen LogP contribution in [-0.2, 0) is 0 Å². The topological polar surface area (TPSA) is 48.5 Å². The highest BCUT2D eigenvalue weighted by Gasteiger charge is 2.22. The molecule has 29 heavy (non-hydrogen) atoms. The molecule has 0 spiro atoms. The van der Waals surface area contributed by atoms with Crippen LogP contribution in [0.4, 0.5) is 25.0 Å². The molecule has 1 amide bonds. The molecule has 2 heterocycles. The van der Waals surface area contributed by atoms with Crippen molar-refractivity contribution >= 4 is 39.5 Å². The second-order valence-electron chi connectivity index (χ2n) is 6.89. The minimum atomic E-state index is -0.599. The van der Waals surface area contributed by atoms with Gasteiger partial charge in [-0.2, -0.15) is 0 Å². The molecule has 150 valence electrons. The van der Waals surface area contributed by atoms with Gasteiger partial charge < -0.3 is 14.5 Å². The van der Waals surface area contributed by atoms with E-state index >= 15 is 0 Å². The number of para-hydroxylation sites is 1. The monoisotopic (exact) mass is 414 g/mol. The number of rotatable bonds is 3. The highest BCUT2D eigenvalue weighted by Crippen LogP contribution is 2.25. The number of nitrogens with one attached hydrogen (secondary N) is 1. The van der Waals surface area contributed by atoms with Gasteiger partial charge >= 0.3 is 5.24 Å². The molecular formula is C21H20F2N4OS. The predicted molar refractivity (Wildman–Crippen MR) is 113 cm³/mol. The molecule has 2 aromatic carbocycles. The van der Waals surface area contributed by atoms with Gasteiger partial charge in [0, 0.05) is 55.3 Å². The van der Waals surface area contributed by atoms with Crippen LogP contribution in [0.15, 0.2) is 48.5 Å². The number of pyridine rings is 1. The number of benzene rings is 2. The Hall–Kier alpha value is -2.87. The second kappa shape index (κ2) is 8.24. The summed E-state index contributed by atoms with van der Waals surface area (Å²) in [4.78, 5) is 20.7. The van der Waals surface area contributed by atoms with Gasteiger partial charge in [-0.3, -0.25) is 9.78 Å². The van der Waals surface area contributed by atoms with E-state index in [-0.39, 0.29) is 5.24 Å². The van der Waals surface area contributed by atoms with E-state index in [4.69, 9.17) is 0 Å². The lowest BCUT2D eigenvalue weighted by Crippen LogP contribution is -2.48. The van der Waals surface area contributed by atoms with E-state index in [9.17, 15) is 13.6 Å². The Labute approximate surface area is 171 Å². The summed E-state index contributed by atoms with van der Waals surface area (Å²) in [7, 11) is 0. The summed E-state index contributed by atoms with van der Waals surface area (Å²) in [5, 5.41) is 0.909. The fourth-order valence-electron chi connectivity index (χ4n) is 3.35. The van der Waals surface area contributed by atoms with Gasteiger partial charge in [-0.05, 0) is 31.2 Å². The molecule has 4 rings (SSSR count). The number of aryl methyl sites for hydroxylation is 1. The number of nitrogens with zero attached hydrogens (tertiary/aromatic N) is 3. The van der Waals surface area contributed by atoms with Crippen LogP contribution in [0.25, 0.3) is 10.9 Å². The van der Waals surface area contributed by atoms with E-state index in [1.807, 2.05) is 42.2 Å². The number of anilines is 2. The lowest BCUT2D eigenvalue weighted by atomic mass is 10.2. The van der Waals surface area contributed by atoms with Gasteiger partial charge in [-0.1, -0.05) is 18.2 Å². The van der Waals surface area contributed by atoms with Gasteiger partial charge in [-0.25, -0.2) is 8.78 Å². The van der Waals surface area contributed by atoms with Gasteiger partial charge in [0.15, 0.2) is 0 Å². The van der Waals surface area contributed by atoms with Crippen molar-refractivity contribution in [2.45, 2.75) is 6.92 Å². The SMILES string of the molecule is Cc1nc2ccccc2cc1NSC(=O)N1CCN(c2cc(F)cc(F)c2)CC1. The number of carbonyl (C=O) groups is 1. The average Bonchev–Trinajstić information content (AvgIpc) is 2.71. The average molecular weight is 414 g/mol. The molecule has 1 N–H and O–H groups in total. The zero-order valence-electron chi connectivity index (χ0n) is 15.9. The first-order valence-electron chi connectivity index (χ1n) is 9.29. The summed E-state index contributed by atoms with van der Waals surface area (Å²) in [6, 6.07) is 13.3.